The lowest BCUT2D eigenvalue weighted by Gasteiger charge is -2.37. The molecule has 2 saturated carbocycles. The maximum absolute atomic E-state index is 10.9. The summed E-state index contributed by atoms with van der Waals surface area (Å²) in [6, 6.07) is 0. The summed E-state index contributed by atoms with van der Waals surface area (Å²) < 4.78 is 5.60. The van der Waals surface area contributed by atoms with Gasteiger partial charge < -0.3 is 19.8 Å². The molecule has 0 radical (unpaired) electrons. The monoisotopic (exact) mass is 285 g/mol. The molecule has 5 nitrogen and oxygen atoms in total. The van der Waals surface area contributed by atoms with Crippen LogP contribution in [0.5, 0.6) is 0 Å². The van der Waals surface area contributed by atoms with E-state index < -0.39 is 11.6 Å². The van der Waals surface area contributed by atoms with Gasteiger partial charge in [0.1, 0.15) is 0 Å². The third-order valence-electron chi connectivity index (χ3n) is 4.50. The molecular formula is C15H27NO4. The van der Waals surface area contributed by atoms with Gasteiger partial charge in [0.2, 0.25) is 0 Å². The summed E-state index contributed by atoms with van der Waals surface area (Å²) in [5, 5.41) is 19.5. The minimum Gasteiger partial charge on any atom is -0.481 e. The quantitative estimate of drug-likeness (QED) is 0.659. The van der Waals surface area contributed by atoms with E-state index >= 15 is 0 Å². The van der Waals surface area contributed by atoms with Crippen molar-refractivity contribution in [1.29, 1.82) is 0 Å². The second-order valence-corrected chi connectivity index (χ2v) is 6.59. The third kappa shape index (κ3) is 5.04. The highest BCUT2D eigenvalue weighted by molar-refractivity contribution is 5.70. The number of ether oxygens (including phenoxy) is 1. The van der Waals surface area contributed by atoms with E-state index in [-0.39, 0.29) is 5.92 Å². The molecule has 0 atom stereocenters. The second kappa shape index (κ2) is 6.87. The first kappa shape index (κ1) is 15.7. The highest BCUT2D eigenvalue weighted by Crippen LogP contribution is 2.32. The molecule has 5 heteroatoms. The van der Waals surface area contributed by atoms with Crippen LogP contribution in [0.15, 0.2) is 0 Å². The van der Waals surface area contributed by atoms with Crippen LogP contribution in [0.2, 0.25) is 0 Å². The van der Waals surface area contributed by atoms with Gasteiger partial charge in [0.05, 0.1) is 18.1 Å². The fourth-order valence-electron chi connectivity index (χ4n) is 2.90. The van der Waals surface area contributed by atoms with Crippen molar-refractivity contribution in [2.45, 2.75) is 44.1 Å². The number of hydrogen-bond donors (Lipinski definition) is 2. The predicted molar refractivity (Wildman–Crippen MR) is 75.6 cm³/mol. The van der Waals surface area contributed by atoms with Gasteiger partial charge in [-0.25, -0.2) is 0 Å². The zero-order valence-electron chi connectivity index (χ0n) is 12.4. The van der Waals surface area contributed by atoms with E-state index in [1.54, 1.807) is 0 Å². The van der Waals surface area contributed by atoms with E-state index in [4.69, 9.17) is 9.84 Å². The smallest absolute Gasteiger partial charge is 0.306 e. The molecule has 0 amide bonds. The van der Waals surface area contributed by atoms with Gasteiger partial charge in [0.15, 0.2) is 0 Å². The minimum absolute atomic E-state index is 0.276. The van der Waals surface area contributed by atoms with Gasteiger partial charge in [0.25, 0.3) is 0 Å². The maximum atomic E-state index is 10.9. The number of aliphatic carboxylic acids is 1. The van der Waals surface area contributed by atoms with Crippen molar-refractivity contribution >= 4 is 5.97 Å². The largest absolute Gasteiger partial charge is 0.481 e. The molecule has 2 aliphatic carbocycles. The molecule has 0 unspecified atom stereocenters. The highest BCUT2D eigenvalue weighted by Gasteiger charge is 2.36. The predicted octanol–water partition coefficient (Wildman–Crippen LogP) is 1.35. The van der Waals surface area contributed by atoms with Gasteiger partial charge in [-0.15, -0.1) is 0 Å². The van der Waals surface area contributed by atoms with Crippen LogP contribution in [0, 0.1) is 11.8 Å². The average Bonchev–Trinajstić information content (AvgIpc) is 3.18. The van der Waals surface area contributed by atoms with Crippen LogP contribution in [0.3, 0.4) is 0 Å². The maximum Gasteiger partial charge on any atom is 0.306 e. The van der Waals surface area contributed by atoms with Crippen molar-refractivity contribution in [1.82, 2.24) is 4.90 Å². The highest BCUT2D eigenvalue weighted by atomic mass is 16.5. The summed E-state index contributed by atoms with van der Waals surface area (Å²) in [4.78, 5) is 13.0. The first-order chi connectivity index (χ1) is 9.48. The second-order valence-electron chi connectivity index (χ2n) is 6.59. The molecule has 0 heterocycles. The van der Waals surface area contributed by atoms with Gasteiger partial charge in [-0.3, -0.25) is 4.79 Å². The third-order valence-corrected chi connectivity index (χ3v) is 4.50. The Morgan fingerprint density at radius 1 is 1.30 bits per heavy atom. The van der Waals surface area contributed by atoms with E-state index in [2.05, 4.69) is 4.90 Å². The first-order valence-electron chi connectivity index (χ1n) is 7.70. The molecule has 116 valence electrons. The fraction of sp³-hybridized carbons (Fsp3) is 0.933. The van der Waals surface area contributed by atoms with Crippen LogP contribution in [0.25, 0.3) is 0 Å². The molecule has 0 aromatic heterocycles. The van der Waals surface area contributed by atoms with Gasteiger partial charge >= 0.3 is 5.97 Å². The Hall–Kier alpha value is -0.650. The molecule has 0 aromatic carbocycles. The summed E-state index contributed by atoms with van der Waals surface area (Å²) >= 11 is 0. The molecule has 0 bridgehead atoms. The molecule has 0 aliphatic heterocycles. The van der Waals surface area contributed by atoms with E-state index in [0.717, 1.165) is 19.1 Å². The summed E-state index contributed by atoms with van der Waals surface area (Å²) in [5.74, 6) is -0.216. The molecular weight excluding hydrogens is 258 g/mol. The lowest BCUT2D eigenvalue weighted by atomic mass is 9.78. The number of hydrogen-bond acceptors (Lipinski definition) is 4. The fourth-order valence-corrected chi connectivity index (χ4v) is 2.90. The molecule has 2 aliphatic rings. The van der Waals surface area contributed by atoms with Crippen molar-refractivity contribution in [3.63, 3.8) is 0 Å². The Bertz CT molecular complexity index is 322. The summed E-state index contributed by atoms with van der Waals surface area (Å²) in [6.07, 6.45) is 4.94. The average molecular weight is 285 g/mol. The number of rotatable bonds is 8. The van der Waals surface area contributed by atoms with Crippen LogP contribution < -0.4 is 0 Å². The van der Waals surface area contributed by atoms with E-state index in [0.29, 0.717) is 38.8 Å². The number of carbonyl (C=O) groups is 1. The minimum atomic E-state index is -0.728. The van der Waals surface area contributed by atoms with Gasteiger partial charge in [-0.1, -0.05) is 0 Å². The SMILES string of the molecule is CN(CCOCC1CC1)CC1(O)CCC(C(=O)O)CC1. The van der Waals surface area contributed by atoms with E-state index in [9.17, 15) is 9.90 Å². The summed E-state index contributed by atoms with van der Waals surface area (Å²) in [7, 11) is 1.99. The number of nitrogens with zero attached hydrogens (tertiary/aromatic N) is 1. The molecule has 0 saturated heterocycles. The Morgan fingerprint density at radius 3 is 2.50 bits per heavy atom. The van der Waals surface area contributed by atoms with Crippen LogP contribution in [0.1, 0.15) is 38.5 Å². The number of aliphatic hydroxyl groups is 1. The number of carboxylic acid groups (broad SMARTS) is 1. The van der Waals surface area contributed by atoms with Crippen molar-refractivity contribution in [3.05, 3.63) is 0 Å². The first-order valence-corrected chi connectivity index (χ1v) is 7.70. The van der Waals surface area contributed by atoms with E-state index in [1.807, 2.05) is 7.05 Å². The molecule has 20 heavy (non-hydrogen) atoms. The lowest BCUT2D eigenvalue weighted by Crippen LogP contribution is -2.45. The number of likely N-dealkylation sites (N-methyl/N-ethyl adjacent to an activating group) is 1. The molecule has 0 aromatic rings. The number of carboxylic acids is 1. The lowest BCUT2D eigenvalue weighted by molar-refractivity contribution is -0.145. The van der Waals surface area contributed by atoms with Crippen molar-refractivity contribution < 1.29 is 19.7 Å². The molecule has 2 fully saturated rings. The summed E-state index contributed by atoms with van der Waals surface area (Å²) in [5.41, 5.74) is -0.725. The van der Waals surface area contributed by atoms with Crippen LogP contribution >= 0.6 is 0 Å². The van der Waals surface area contributed by atoms with Crippen LogP contribution in [0.4, 0.5) is 0 Å². The van der Waals surface area contributed by atoms with Gasteiger partial charge in [0, 0.05) is 19.7 Å². The van der Waals surface area contributed by atoms with Crippen LogP contribution in [-0.2, 0) is 9.53 Å². The zero-order valence-corrected chi connectivity index (χ0v) is 12.4. The molecule has 2 rings (SSSR count). The van der Waals surface area contributed by atoms with Crippen molar-refractivity contribution in [2.75, 3.05) is 33.4 Å². The van der Waals surface area contributed by atoms with Crippen molar-refractivity contribution in [2.24, 2.45) is 11.8 Å². The Morgan fingerprint density at radius 2 is 1.95 bits per heavy atom. The Kier molecular flexibility index (Phi) is 5.41. The van der Waals surface area contributed by atoms with Gasteiger partial charge in [-0.2, -0.15) is 0 Å². The molecule has 0 spiro atoms. The van der Waals surface area contributed by atoms with E-state index in [1.165, 1.54) is 12.8 Å². The zero-order chi connectivity index (χ0) is 14.6. The Balaban J connectivity index is 1.62. The van der Waals surface area contributed by atoms with Crippen molar-refractivity contribution in [3.8, 4) is 0 Å². The summed E-state index contributed by atoms with van der Waals surface area (Å²) in [6.45, 7) is 3.00. The van der Waals surface area contributed by atoms with Crippen LogP contribution in [-0.4, -0.2) is 60.0 Å². The normalized spacial score (nSPS) is 30.6. The van der Waals surface area contributed by atoms with Gasteiger partial charge in [-0.05, 0) is 51.5 Å². The molecule has 2 N–H and O–H groups in total. The Labute approximate surface area is 120 Å². The topological polar surface area (TPSA) is 70.0 Å². The standard InChI is InChI=1S/C15H27NO4/c1-16(8-9-20-10-12-2-3-12)11-15(19)6-4-13(5-7-15)14(17)18/h12-13,19H,2-11H2,1H3,(H,17,18).